The van der Waals surface area contributed by atoms with Crippen molar-refractivity contribution >= 4 is 11.8 Å². The summed E-state index contributed by atoms with van der Waals surface area (Å²) < 4.78 is 22.7. The zero-order chi connectivity index (χ0) is 26.5. The summed E-state index contributed by atoms with van der Waals surface area (Å²) in [5, 5.41) is 20.0. The van der Waals surface area contributed by atoms with Crippen LogP contribution in [0.4, 0.5) is 0 Å². The van der Waals surface area contributed by atoms with Gasteiger partial charge in [-0.15, -0.1) is 0 Å². The van der Waals surface area contributed by atoms with Crippen molar-refractivity contribution in [3.63, 3.8) is 0 Å². The number of ketones is 1. The van der Waals surface area contributed by atoms with Crippen molar-refractivity contribution in [3.8, 4) is 23.0 Å². The van der Waals surface area contributed by atoms with Gasteiger partial charge in [-0.25, -0.2) is 4.79 Å². The second kappa shape index (κ2) is 15.0. The molecule has 2 rings (SSSR count). The number of phenols is 1. The minimum Gasteiger partial charge on any atom is -0.507 e. The second-order valence-corrected chi connectivity index (χ2v) is 8.54. The first-order valence-corrected chi connectivity index (χ1v) is 12.4. The molecule has 0 saturated heterocycles. The van der Waals surface area contributed by atoms with Crippen molar-refractivity contribution in [2.45, 2.75) is 65.4 Å². The molecule has 0 radical (unpaired) electrons. The number of phenolic OH excluding ortho intramolecular Hbond substituents is 1. The summed E-state index contributed by atoms with van der Waals surface area (Å²) in [5.41, 5.74) is 1.70. The van der Waals surface area contributed by atoms with Crippen LogP contribution >= 0.6 is 0 Å². The van der Waals surface area contributed by atoms with Gasteiger partial charge in [-0.3, -0.25) is 4.79 Å². The molecule has 1 unspecified atom stereocenters. The molecule has 198 valence electrons. The summed E-state index contributed by atoms with van der Waals surface area (Å²) in [4.78, 5) is 23.3. The van der Waals surface area contributed by atoms with Crippen LogP contribution in [-0.4, -0.2) is 55.0 Å². The van der Waals surface area contributed by atoms with Crippen LogP contribution in [0.5, 0.6) is 23.0 Å². The maximum atomic E-state index is 11.7. The van der Waals surface area contributed by atoms with E-state index >= 15 is 0 Å². The van der Waals surface area contributed by atoms with Gasteiger partial charge in [0, 0.05) is 25.0 Å². The largest absolute Gasteiger partial charge is 0.507 e. The van der Waals surface area contributed by atoms with E-state index in [1.54, 1.807) is 37.4 Å². The minimum absolute atomic E-state index is 0.0157. The topological polar surface area (TPSA) is 112 Å². The molecule has 2 aromatic carbocycles. The van der Waals surface area contributed by atoms with E-state index in [9.17, 15) is 19.8 Å². The number of benzene rings is 2. The molecule has 0 aliphatic rings. The van der Waals surface area contributed by atoms with Crippen LogP contribution in [0.15, 0.2) is 30.3 Å². The number of unbranched alkanes of at least 4 members (excludes halogenated alkanes) is 1. The first kappa shape index (κ1) is 29.0. The van der Waals surface area contributed by atoms with Gasteiger partial charge in [0.1, 0.15) is 11.5 Å². The first-order valence-electron chi connectivity index (χ1n) is 12.4. The molecule has 2 aromatic rings. The number of hydrogen-bond acceptors (Lipinski definition) is 7. The average Bonchev–Trinajstić information content (AvgIpc) is 2.85. The summed E-state index contributed by atoms with van der Waals surface area (Å²) in [5.74, 6) is 0.422. The van der Waals surface area contributed by atoms with Gasteiger partial charge in [0.25, 0.3) is 0 Å². The van der Waals surface area contributed by atoms with Crippen LogP contribution in [0, 0.1) is 0 Å². The smallest absolute Gasteiger partial charge is 0.333 e. The summed E-state index contributed by atoms with van der Waals surface area (Å²) in [6.45, 7) is 6.54. The van der Waals surface area contributed by atoms with Gasteiger partial charge in [-0.1, -0.05) is 32.8 Å². The van der Waals surface area contributed by atoms with Crippen molar-refractivity contribution in [2.75, 3.05) is 26.9 Å². The lowest BCUT2D eigenvalue weighted by atomic mass is 10.0. The monoisotopic (exact) mass is 502 g/mol. The molecule has 0 saturated carbocycles. The summed E-state index contributed by atoms with van der Waals surface area (Å²) in [6, 6.07) is 8.63. The Morgan fingerprint density at radius 2 is 1.61 bits per heavy atom. The number of carbonyl (C=O) groups is 2. The molecule has 1 atom stereocenters. The van der Waals surface area contributed by atoms with Crippen LogP contribution in [-0.2, 0) is 22.4 Å². The predicted molar refractivity (Wildman–Crippen MR) is 137 cm³/mol. The predicted octanol–water partition coefficient (Wildman–Crippen LogP) is 5.22. The molecule has 8 nitrogen and oxygen atoms in total. The molecule has 0 aliphatic carbocycles. The van der Waals surface area contributed by atoms with Gasteiger partial charge in [0.2, 0.25) is 0 Å². The number of rotatable bonds is 17. The molecule has 8 heteroatoms. The van der Waals surface area contributed by atoms with Crippen LogP contribution in [0.2, 0.25) is 0 Å². The zero-order valence-electron chi connectivity index (χ0n) is 21.7. The maximum Gasteiger partial charge on any atom is 0.333 e. The SMILES string of the molecule is CCCCOC(Cc1ccc(OC)c(OCCCOc2ccc(C(C)=O)c(O)c2CCC)c1)C(=O)O. The van der Waals surface area contributed by atoms with Gasteiger partial charge >= 0.3 is 5.97 Å². The molecule has 0 aromatic heterocycles. The van der Waals surface area contributed by atoms with Gasteiger partial charge < -0.3 is 29.2 Å². The number of aromatic hydroxyl groups is 1. The normalized spacial score (nSPS) is 11.7. The number of carboxylic acid groups (broad SMARTS) is 1. The fourth-order valence-corrected chi connectivity index (χ4v) is 3.71. The quantitative estimate of drug-likeness (QED) is 0.224. The molecular weight excluding hydrogens is 464 g/mol. The highest BCUT2D eigenvalue weighted by Gasteiger charge is 2.20. The number of carbonyl (C=O) groups excluding carboxylic acids is 1. The Balaban J connectivity index is 1.97. The molecule has 0 bridgehead atoms. The summed E-state index contributed by atoms with van der Waals surface area (Å²) in [7, 11) is 1.55. The Kier molecular flexibility index (Phi) is 12.1. The van der Waals surface area contributed by atoms with Gasteiger partial charge in [0.15, 0.2) is 23.4 Å². The van der Waals surface area contributed by atoms with Crippen LogP contribution in [0.3, 0.4) is 0 Å². The highest BCUT2D eigenvalue weighted by atomic mass is 16.5. The Hall–Kier alpha value is -3.26. The average molecular weight is 503 g/mol. The van der Waals surface area contributed by atoms with Gasteiger partial charge in [-0.05, 0) is 49.6 Å². The third-order valence-corrected chi connectivity index (χ3v) is 5.66. The van der Waals surface area contributed by atoms with Gasteiger partial charge in [0.05, 0.1) is 25.9 Å². The highest BCUT2D eigenvalue weighted by Crippen LogP contribution is 2.33. The molecule has 2 N–H and O–H groups in total. The minimum atomic E-state index is -0.994. The fourth-order valence-electron chi connectivity index (χ4n) is 3.71. The highest BCUT2D eigenvalue weighted by molar-refractivity contribution is 5.97. The zero-order valence-corrected chi connectivity index (χ0v) is 21.7. The van der Waals surface area contributed by atoms with E-state index in [0.29, 0.717) is 61.0 Å². The number of aliphatic carboxylic acids is 1. The lowest BCUT2D eigenvalue weighted by molar-refractivity contribution is -0.150. The Bertz CT molecular complexity index is 1000. The Labute approximate surface area is 213 Å². The van der Waals surface area contributed by atoms with Crippen LogP contribution in [0.25, 0.3) is 0 Å². The number of Topliss-reactive ketones (excluding diaryl/α,β-unsaturated/α-hetero) is 1. The molecule has 0 amide bonds. The van der Waals surface area contributed by atoms with Crippen LogP contribution in [0.1, 0.15) is 67.9 Å². The lowest BCUT2D eigenvalue weighted by Gasteiger charge is -2.16. The number of ether oxygens (including phenoxy) is 4. The van der Waals surface area contributed by atoms with Crippen molar-refractivity contribution in [1.29, 1.82) is 0 Å². The van der Waals surface area contributed by atoms with E-state index in [4.69, 9.17) is 18.9 Å². The van der Waals surface area contributed by atoms with E-state index in [1.807, 2.05) is 13.8 Å². The van der Waals surface area contributed by atoms with Crippen molar-refractivity contribution in [3.05, 3.63) is 47.0 Å². The molecule has 36 heavy (non-hydrogen) atoms. The first-order chi connectivity index (χ1) is 17.3. The molecule has 0 fully saturated rings. The summed E-state index contributed by atoms with van der Waals surface area (Å²) in [6.07, 6.45) is 3.01. The van der Waals surface area contributed by atoms with E-state index in [0.717, 1.165) is 24.8 Å². The Morgan fingerprint density at radius 3 is 2.22 bits per heavy atom. The number of methoxy groups -OCH3 is 1. The van der Waals surface area contributed by atoms with E-state index in [-0.39, 0.29) is 18.0 Å². The third-order valence-electron chi connectivity index (χ3n) is 5.66. The fraction of sp³-hybridized carbons (Fsp3) is 0.500. The van der Waals surface area contributed by atoms with E-state index in [2.05, 4.69) is 0 Å². The van der Waals surface area contributed by atoms with E-state index in [1.165, 1.54) is 6.92 Å². The van der Waals surface area contributed by atoms with Crippen LogP contribution < -0.4 is 14.2 Å². The van der Waals surface area contributed by atoms with Crippen molar-refractivity contribution < 1.29 is 38.7 Å². The van der Waals surface area contributed by atoms with E-state index < -0.39 is 12.1 Å². The van der Waals surface area contributed by atoms with Crippen molar-refractivity contribution in [2.24, 2.45) is 0 Å². The Morgan fingerprint density at radius 1 is 0.917 bits per heavy atom. The molecule has 0 spiro atoms. The van der Waals surface area contributed by atoms with Crippen molar-refractivity contribution in [1.82, 2.24) is 0 Å². The molecule has 0 aliphatic heterocycles. The second-order valence-electron chi connectivity index (χ2n) is 8.54. The third kappa shape index (κ3) is 8.45. The standard InChI is InChI=1S/C28H38O8/c1-5-7-14-36-26(28(31)32)18-20-10-12-24(33-4)25(17-20)35-16-8-15-34-23-13-11-21(19(3)29)27(30)22(23)9-6-2/h10-13,17,26,30H,5-9,14-16,18H2,1-4H3,(H,31,32). The molecular formula is C28H38O8. The summed E-state index contributed by atoms with van der Waals surface area (Å²) >= 11 is 0. The van der Waals surface area contributed by atoms with Gasteiger partial charge in [-0.2, -0.15) is 0 Å². The lowest BCUT2D eigenvalue weighted by Crippen LogP contribution is -2.26. The maximum absolute atomic E-state index is 11.7. The molecule has 0 heterocycles. The number of hydrogen-bond donors (Lipinski definition) is 2. The number of carboxylic acids is 1.